The Bertz CT molecular complexity index is 291. The summed E-state index contributed by atoms with van der Waals surface area (Å²) in [4.78, 5) is 0. The molecule has 2 N–H and O–H groups in total. The molecule has 1 aromatic carbocycles. The Morgan fingerprint density at radius 3 is 2.69 bits per heavy atom. The quantitative estimate of drug-likeness (QED) is 0.722. The second-order valence-electron chi connectivity index (χ2n) is 2.55. The lowest BCUT2D eigenvalue weighted by molar-refractivity contribution is 0.287. The Morgan fingerprint density at radius 2 is 2.15 bits per heavy atom. The van der Waals surface area contributed by atoms with Crippen LogP contribution in [0, 0.1) is 0 Å². The first-order chi connectivity index (χ1) is 6.13. The Kier molecular flexibility index (Phi) is 3.60. The van der Waals surface area contributed by atoms with Gasteiger partial charge in [0.15, 0.2) is 0 Å². The third kappa shape index (κ3) is 2.92. The molecular weight excluding hydrogens is 190 g/mol. The Morgan fingerprint density at radius 1 is 1.46 bits per heavy atom. The number of halogens is 1. The van der Waals surface area contributed by atoms with Gasteiger partial charge in [-0.25, -0.2) is 0 Å². The van der Waals surface area contributed by atoms with Gasteiger partial charge in [0.05, 0.1) is 0 Å². The van der Waals surface area contributed by atoms with Gasteiger partial charge in [0, 0.05) is 5.02 Å². The van der Waals surface area contributed by atoms with Crippen LogP contribution in [-0.4, -0.2) is 17.4 Å². The van der Waals surface area contributed by atoms with Gasteiger partial charge in [0.25, 0.3) is 0 Å². The van der Waals surface area contributed by atoms with Crippen molar-refractivity contribution in [2.45, 2.75) is 13.3 Å². The summed E-state index contributed by atoms with van der Waals surface area (Å²) < 4.78 is 4.74. The van der Waals surface area contributed by atoms with Gasteiger partial charge in [0.2, 0.25) is 0 Å². The molecule has 0 atom stereocenters. The van der Waals surface area contributed by atoms with Gasteiger partial charge in [-0.1, -0.05) is 24.6 Å². The molecule has 0 fully saturated rings. The first-order valence-corrected chi connectivity index (χ1v) is 4.32. The van der Waals surface area contributed by atoms with Gasteiger partial charge in [-0.15, -0.1) is 0 Å². The smallest absolute Gasteiger partial charge is 0.512 e. The van der Waals surface area contributed by atoms with Crippen molar-refractivity contribution in [1.82, 2.24) is 0 Å². The van der Waals surface area contributed by atoms with Crippen LogP contribution in [-0.2, 0) is 6.42 Å². The number of hydrogen-bond donors (Lipinski definition) is 2. The molecule has 3 nitrogen and oxygen atoms in total. The summed E-state index contributed by atoms with van der Waals surface area (Å²) in [5.74, 6) is 0.407. The molecule has 0 aromatic heterocycles. The van der Waals surface area contributed by atoms with Crippen LogP contribution in [0.2, 0.25) is 5.02 Å². The highest BCUT2D eigenvalue weighted by atomic mass is 35.5. The van der Waals surface area contributed by atoms with E-state index in [1.54, 1.807) is 18.2 Å². The minimum Gasteiger partial charge on any atom is -0.512 e. The minimum absolute atomic E-state index is 0.407. The third-order valence-corrected chi connectivity index (χ3v) is 1.88. The maximum atomic E-state index is 8.61. The van der Waals surface area contributed by atoms with Crippen LogP contribution < -0.4 is 4.65 Å². The largest absolute Gasteiger partial charge is 0.707 e. The molecule has 5 heteroatoms. The van der Waals surface area contributed by atoms with Gasteiger partial charge in [0.1, 0.15) is 5.75 Å². The average Bonchev–Trinajstić information content (AvgIpc) is 2.03. The summed E-state index contributed by atoms with van der Waals surface area (Å²) in [5, 5.41) is 17.7. The van der Waals surface area contributed by atoms with Gasteiger partial charge in [-0.05, 0) is 24.1 Å². The molecule has 0 radical (unpaired) electrons. The molecule has 0 aliphatic heterocycles. The van der Waals surface area contributed by atoms with Crippen molar-refractivity contribution in [2.75, 3.05) is 0 Å². The number of rotatable bonds is 3. The summed E-state index contributed by atoms with van der Waals surface area (Å²) in [6.45, 7) is 1.94. The van der Waals surface area contributed by atoms with Gasteiger partial charge in [-0.2, -0.15) is 0 Å². The van der Waals surface area contributed by atoms with Crippen molar-refractivity contribution in [3.05, 3.63) is 28.8 Å². The topological polar surface area (TPSA) is 49.7 Å². The van der Waals surface area contributed by atoms with Crippen molar-refractivity contribution in [3.63, 3.8) is 0 Å². The van der Waals surface area contributed by atoms with E-state index >= 15 is 0 Å². The van der Waals surface area contributed by atoms with E-state index in [0.29, 0.717) is 10.8 Å². The van der Waals surface area contributed by atoms with Crippen LogP contribution in [0.5, 0.6) is 5.75 Å². The molecule has 1 aromatic rings. The van der Waals surface area contributed by atoms with E-state index in [0.717, 1.165) is 12.0 Å². The van der Waals surface area contributed by atoms with E-state index in [9.17, 15) is 0 Å². The van der Waals surface area contributed by atoms with Crippen molar-refractivity contribution < 1.29 is 14.7 Å². The average molecular weight is 200 g/mol. The number of hydrogen-bond acceptors (Lipinski definition) is 3. The summed E-state index contributed by atoms with van der Waals surface area (Å²) in [5.41, 5.74) is 0.887. The maximum absolute atomic E-state index is 8.61. The molecule has 0 saturated carbocycles. The van der Waals surface area contributed by atoms with E-state index in [2.05, 4.69) is 0 Å². The maximum Gasteiger partial charge on any atom is 0.707 e. The molecule has 0 amide bonds. The molecular formula is C8H10BClO3. The predicted molar refractivity (Wildman–Crippen MR) is 51.6 cm³/mol. The van der Waals surface area contributed by atoms with Crippen LogP contribution in [0.25, 0.3) is 0 Å². The molecule has 0 aliphatic carbocycles. The highest BCUT2D eigenvalue weighted by Gasteiger charge is 2.13. The van der Waals surface area contributed by atoms with Crippen molar-refractivity contribution >= 4 is 18.9 Å². The first-order valence-electron chi connectivity index (χ1n) is 3.94. The number of aryl methyl sites for hydroxylation is 1. The Hall–Kier alpha value is -0.705. The van der Waals surface area contributed by atoms with Crippen LogP contribution in [0.3, 0.4) is 0 Å². The lowest BCUT2D eigenvalue weighted by atomic mass is 10.1. The molecule has 0 saturated heterocycles. The monoisotopic (exact) mass is 200 g/mol. The molecule has 0 bridgehead atoms. The van der Waals surface area contributed by atoms with E-state index in [1.807, 2.05) is 6.92 Å². The van der Waals surface area contributed by atoms with E-state index in [4.69, 9.17) is 26.3 Å². The Labute approximate surface area is 82.1 Å². The molecule has 0 unspecified atom stereocenters. The fourth-order valence-corrected chi connectivity index (χ4v) is 1.21. The van der Waals surface area contributed by atoms with Crippen LogP contribution in [0.15, 0.2) is 18.2 Å². The molecule has 13 heavy (non-hydrogen) atoms. The number of benzene rings is 1. The fraction of sp³-hybridized carbons (Fsp3) is 0.250. The highest BCUT2D eigenvalue weighted by Crippen LogP contribution is 2.23. The SMILES string of the molecule is CCc1ccc(Cl)cc1OB(O)O. The second kappa shape index (κ2) is 4.51. The zero-order chi connectivity index (χ0) is 9.84. The normalized spacial score (nSPS) is 9.85. The third-order valence-electron chi connectivity index (χ3n) is 1.64. The van der Waals surface area contributed by atoms with E-state index in [1.165, 1.54) is 0 Å². The van der Waals surface area contributed by atoms with Crippen LogP contribution >= 0.6 is 11.6 Å². The lowest BCUT2D eigenvalue weighted by Gasteiger charge is -2.09. The van der Waals surface area contributed by atoms with Gasteiger partial charge < -0.3 is 14.7 Å². The van der Waals surface area contributed by atoms with Crippen LogP contribution in [0.1, 0.15) is 12.5 Å². The summed E-state index contributed by atoms with van der Waals surface area (Å²) in [6.07, 6.45) is 0.749. The lowest BCUT2D eigenvalue weighted by Crippen LogP contribution is -2.21. The molecule has 1 rings (SSSR count). The molecule has 0 spiro atoms. The zero-order valence-electron chi connectivity index (χ0n) is 7.20. The second-order valence-corrected chi connectivity index (χ2v) is 2.99. The first kappa shape index (κ1) is 10.4. The van der Waals surface area contributed by atoms with Gasteiger partial charge in [-0.3, -0.25) is 0 Å². The van der Waals surface area contributed by atoms with Crippen molar-refractivity contribution in [2.24, 2.45) is 0 Å². The predicted octanol–water partition coefficient (Wildman–Crippen LogP) is 1.25. The Balaban J connectivity index is 2.94. The summed E-state index contributed by atoms with van der Waals surface area (Å²) >= 11 is 5.71. The van der Waals surface area contributed by atoms with E-state index < -0.39 is 7.32 Å². The van der Waals surface area contributed by atoms with Gasteiger partial charge >= 0.3 is 7.32 Å². The van der Waals surface area contributed by atoms with Crippen molar-refractivity contribution in [1.29, 1.82) is 0 Å². The fourth-order valence-electron chi connectivity index (χ4n) is 1.04. The van der Waals surface area contributed by atoms with Crippen LogP contribution in [0.4, 0.5) is 0 Å². The standard InChI is InChI=1S/C8H10BClO3/c1-2-6-3-4-7(10)5-8(6)13-9(11)12/h3-5,11-12H,2H2,1H3. The van der Waals surface area contributed by atoms with Crippen molar-refractivity contribution in [3.8, 4) is 5.75 Å². The van der Waals surface area contributed by atoms with E-state index in [-0.39, 0.29) is 0 Å². The molecule has 70 valence electrons. The summed E-state index contributed by atoms with van der Waals surface area (Å²) in [6, 6.07) is 5.08. The zero-order valence-corrected chi connectivity index (χ0v) is 7.95. The molecule has 0 aliphatic rings. The minimum atomic E-state index is -1.80. The summed E-state index contributed by atoms with van der Waals surface area (Å²) in [7, 11) is -1.80. The molecule has 0 heterocycles. The highest BCUT2D eigenvalue weighted by molar-refractivity contribution is 6.34.